The first-order chi connectivity index (χ1) is 14.3. The van der Waals surface area contributed by atoms with Crippen molar-refractivity contribution in [3.8, 4) is 17.2 Å². The molecule has 0 aliphatic rings. The number of benzene rings is 2. The highest BCUT2D eigenvalue weighted by molar-refractivity contribution is 7.89. The monoisotopic (exact) mass is 436 g/mol. The highest BCUT2D eigenvalue weighted by atomic mass is 32.2. The topological polar surface area (TPSA) is 94.2 Å². The number of hydrogen-bond acceptors (Lipinski definition) is 6. The van der Waals surface area contributed by atoms with Crippen molar-refractivity contribution in [1.82, 2.24) is 4.31 Å². The van der Waals surface area contributed by atoms with Gasteiger partial charge >= 0.3 is 0 Å². The summed E-state index contributed by atoms with van der Waals surface area (Å²) in [6.45, 7) is 6.38. The molecule has 0 heterocycles. The molecule has 0 aliphatic heterocycles. The minimum absolute atomic E-state index is 0.0718. The summed E-state index contributed by atoms with van der Waals surface area (Å²) in [5.41, 5.74) is 0.497. The van der Waals surface area contributed by atoms with Crippen LogP contribution in [-0.4, -0.2) is 52.5 Å². The SMILES string of the molecule is CCOc1ccc(S(=O)(=O)N(CC)CC)cc1NC(=O)c1cc(OC)ccc1OC. The van der Waals surface area contributed by atoms with Crippen LogP contribution in [0, 0.1) is 0 Å². The van der Waals surface area contributed by atoms with Crippen molar-refractivity contribution in [2.45, 2.75) is 25.7 Å². The second-order valence-electron chi connectivity index (χ2n) is 6.20. The van der Waals surface area contributed by atoms with E-state index in [9.17, 15) is 13.2 Å². The molecule has 0 atom stereocenters. The molecule has 0 aromatic heterocycles. The van der Waals surface area contributed by atoms with Crippen molar-refractivity contribution in [2.24, 2.45) is 0 Å². The molecule has 2 aromatic carbocycles. The van der Waals surface area contributed by atoms with Crippen LogP contribution in [-0.2, 0) is 10.0 Å². The third-order valence-corrected chi connectivity index (χ3v) is 6.54. The number of amides is 1. The van der Waals surface area contributed by atoms with Gasteiger partial charge in [0.05, 0.1) is 37.0 Å². The van der Waals surface area contributed by atoms with Crippen molar-refractivity contribution < 1.29 is 27.4 Å². The Balaban J connectivity index is 2.48. The maximum absolute atomic E-state index is 13.0. The van der Waals surface area contributed by atoms with E-state index in [0.29, 0.717) is 36.9 Å². The molecule has 8 nitrogen and oxygen atoms in total. The Morgan fingerprint density at radius 2 is 1.63 bits per heavy atom. The number of ether oxygens (including phenoxy) is 3. The largest absolute Gasteiger partial charge is 0.497 e. The summed E-state index contributed by atoms with van der Waals surface area (Å²) in [4.78, 5) is 13.0. The number of carbonyl (C=O) groups excluding carboxylic acids is 1. The zero-order valence-electron chi connectivity index (χ0n) is 17.9. The molecule has 9 heteroatoms. The molecule has 0 saturated carbocycles. The Morgan fingerprint density at radius 3 is 2.20 bits per heavy atom. The minimum Gasteiger partial charge on any atom is -0.497 e. The van der Waals surface area contributed by atoms with Gasteiger partial charge in [0.2, 0.25) is 10.0 Å². The average molecular weight is 437 g/mol. The molecule has 2 aromatic rings. The Hall–Kier alpha value is -2.78. The highest BCUT2D eigenvalue weighted by Crippen LogP contribution is 2.31. The minimum atomic E-state index is -3.70. The summed E-state index contributed by atoms with van der Waals surface area (Å²) in [5, 5.41) is 2.74. The molecule has 1 N–H and O–H groups in total. The fraction of sp³-hybridized carbons (Fsp3) is 0.381. The van der Waals surface area contributed by atoms with E-state index in [1.54, 1.807) is 39.0 Å². The normalized spacial score (nSPS) is 11.3. The molecule has 0 spiro atoms. The molecule has 0 bridgehead atoms. The maximum atomic E-state index is 13.0. The van der Waals surface area contributed by atoms with E-state index in [1.165, 1.54) is 36.7 Å². The van der Waals surface area contributed by atoms with E-state index in [4.69, 9.17) is 14.2 Å². The van der Waals surface area contributed by atoms with Crippen molar-refractivity contribution in [2.75, 3.05) is 39.2 Å². The standard InChI is InChI=1S/C21H28N2O6S/c1-6-23(7-2)30(25,26)16-10-12-20(29-8-3)18(14-16)22-21(24)17-13-15(27-4)9-11-19(17)28-5/h9-14H,6-8H2,1-5H3,(H,22,24). The molecule has 0 fully saturated rings. The van der Waals surface area contributed by atoms with Crippen LogP contribution in [0.5, 0.6) is 17.2 Å². The molecule has 0 saturated heterocycles. The Morgan fingerprint density at radius 1 is 0.967 bits per heavy atom. The molecule has 0 unspecified atom stereocenters. The number of nitrogens with zero attached hydrogens (tertiary/aromatic N) is 1. The summed E-state index contributed by atoms with van der Waals surface area (Å²) in [7, 11) is -0.739. The number of carbonyl (C=O) groups is 1. The van der Waals surface area contributed by atoms with E-state index in [0.717, 1.165) is 0 Å². The third-order valence-electron chi connectivity index (χ3n) is 4.49. The number of sulfonamides is 1. The van der Waals surface area contributed by atoms with Crippen LogP contribution in [0.1, 0.15) is 31.1 Å². The fourth-order valence-electron chi connectivity index (χ4n) is 2.94. The van der Waals surface area contributed by atoms with Crippen LogP contribution >= 0.6 is 0 Å². The Bertz CT molecular complexity index is 987. The van der Waals surface area contributed by atoms with Gasteiger partial charge in [-0.05, 0) is 43.3 Å². The van der Waals surface area contributed by atoms with Crippen molar-refractivity contribution in [3.05, 3.63) is 42.0 Å². The van der Waals surface area contributed by atoms with E-state index >= 15 is 0 Å². The number of nitrogens with one attached hydrogen (secondary N) is 1. The number of anilines is 1. The number of rotatable bonds is 10. The van der Waals surface area contributed by atoms with Gasteiger partial charge in [0.25, 0.3) is 5.91 Å². The van der Waals surface area contributed by atoms with E-state index in [-0.39, 0.29) is 16.1 Å². The van der Waals surface area contributed by atoms with Crippen molar-refractivity contribution in [1.29, 1.82) is 0 Å². The van der Waals surface area contributed by atoms with Gasteiger partial charge in [-0.25, -0.2) is 8.42 Å². The summed E-state index contributed by atoms with van der Waals surface area (Å²) < 4.78 is 43.2. The first-order valence-electron chi connectivity index (χ1n) is 9.62. The van der Waals surface area contributed by atoms with Gasteiger partial charge in [0, 0.05) is 13.1 Å². The summed E-state index contributed by atoms with van der Waals surface area (Å²) >= 11 is 0. The van der Waals surface area contributed by atoms with Crippen LogP contribution in [0.3, 0.4) is 0 Å². The quantitative estimate of drug-likeness (QED) is 0.614. The van der Waals surface area contributed by atoms with Gasteiger partial charge < -0.3 is 19.5 Å². The van der Waals surface area contributed by atoms with Gasteiger partial charge in [-0.1, -0.05) is 13.8 Å². The van der Waals surface area contributed by atoms with Crippen LogP contribution in [0.2, 0.25) is 0 Å². The summed E-state index contributed by atoms with van der Waals surface area (Å²) in [5.74, 6) is 0.734. The molecule has 2 rings (SSSR count). The number of methoxy groups -OCH3 is 2. The van der Waals surface area contributed by atoms with Crippen LogP contribution in [0.15, 0.2) is 41.3 Å². The van der Waals surface area contributed by atoms with Gasteiger partial charge in [0.1, 0.15) is 17.2 Å². The molecule has 0 radical (unpaired) electrons. The van der Waals surface area contributed by atoms with E-state index in [1.807, 2.05) is 0 Å². The highest BCUT2D eigenvalue weighted by Gasteiger charge is 2.24. The summed E-state index contributed by atoms with van der Waals surface area (Å²) in [6.07, 6.45) is 0. The van der Waals surface area contributed by atoms with Gasteiger partial charge in [0.15, 0.2) is 0 Å². The summed E-state index contributed by atoms with van der Waals surface area (Å²) in [6, 6.07) is 9.27. The van der Waals surface area contributed by atoms with Crippen molar-refractivity contribution in [3.63, 3.8) is 0 Å². The molecule has 30 heavy (non-hydrogen) atoms. The first-order valence-corrected chi connectivity index (χ1v) is 11.1. The fourth-order valence-corrected chi connectivity index (χ4v) is 4.43. The van der Waals surface area contributed by atoms with E-state index < -0.39 is 15.9 Å². The average Bonchev–Trinajstić information content (AvgIpc) is 2.75. The second-order valence-corrected chi connectivity index (χ2v) is 8.14. The third kappa shape index (κ3) is 5.03. The predicted octanol–water partition coefficient (Wildman–Crippen LogP) is 3.39. The molecular weight excluding hydrogens is 408 g/mol. The Labute approximate surface area is 177 Å². The molecule has 164 valence electrons. The lowest BCUT2D eigenvalue weighted by molar-refractivity contribution is 0.102. The van der Waals surface area contributed by atoms with E-state index in [2.05, 4.69) is 5.32 Å². The van der Waals surface area contributed by atoms with Gasteiger partial charge in [-0.3, -0.25) is 4.79 Å². The van der Waals surface area contributed by atoms with Gasteiger partial charge in [-0.15, -0.1) is 0 Å². The lowest BCUT2D eigenvalue weighted by atomic mass is 10.1. The Kier molecular flexibility index (Phi) is 8.08. The van der Waals surface area contributed by atoms with Crippen molar-refractivity contribution >= 4 is 21.6 Å². The maximum Gasteiger partial charge on any atom is 0.259 e. The smallest absolute Gasteiger partial charge is 0.259 e. The number of hydrogen-bond donors (Lipinski definition) is 1. The molecule has 0 aliphatic carbocycles. The van der Waals surface area contributed by atoms with Gasteiger partial charge in [-0.2, -0.15) is 4.31 Å². The zero-order valence-corrected chi connectivity index (χ0v) is 18.7. The lowest BCUT2D eigenvalue weighted by Gasteiger charge is -2.20. The van der Waals surface area contributed by atoms with Crippen LogP contribution in [0.25, 0.3) is 0 Å². The van der Waals surface area contributed by atoms with Crippen LogP contribution < -0.4 is 19.5 Å². The zero-order chi connectivity index (χ0) is 22.3. The lowest BCUT2D eigenvalue weighted by Crippen LogP contribution is -2.30. The molecule has 1 amide bonds. The first kappa shape index (κ1) is 23.5. The van der Waals surface area contributed by atoms with Crippen LogP contribution in [0.4, 0.5) is 5.69 Å². The predicted molar refractivity (Wildman–Crippen MR) is 115 cm³/mol. The molecular formula is C21H28N2O6S. The second kappa shape index (κ2) is 10.3.